The normalized spacial score (nSPS) is 13.2. The summed E-state index contributed by atoms with van der Waals surface area (Å²) in [4.78, 5) is 10.6. The van der Waals surface area contributed by atoms with E-state index in [4.69, 9.17) is 16.7 Å². The second-order valence-electron chi connectivity index (χ2n) is 4.83. The van der Waals surface area contributed by atoms with Gasteiger partial charge in [0.15, 0.2) is 0 Å². The van der Waals surface area contributed by atoms with Crippen LogP contribution in [0.15, 0.2) is 16.3 Å². The molecule has 0 aromatic carbocycles. The van der Waals surface area contributed by atoms with E-state index in [1.54, 1.807) is 6.07 Å². The Labute approximate surface area is 134 Å². The van der Waals surface area contributed by atoms with Crippen LogP contribution >= 0.6 is 22.9 Å². The molecule has 0 bridgehead atoms. The molecule has 120 valence electrons. The topological polar surface area (TPSA) is 83.5 Å². The number of halogens is 1. The maximum Gasteiger partial charge on any atom is 0.303 e. The van der Waals surface area contributed by atoms with Crippen molar-refractivity contribution < 1.29 is 18.3 Å². The van der Waals surface area contributed by atoms with Crippen molar-refractivity contribution in [3.05, 3.63) is 16.5 Å². The molecular formula is C13H20ClNO4S2. The summed E-state index contributed by atoms with van der Waals surface area (Å²) in [7, 11) is -3.51. The molecule has 0 aliphatic carbocycles. The van der Waals surface area contributed by atoms with Gasteiger partial charge in [0.2, 0.25) is 10.0 Å². The Bertz CT molecular complexity index is 556. The number of sulfonamides is 1. The van der Waals surface area contributed by atoms with Gasteiger partial charge in [0.05, 0.1) is 4.34 Å². The van der Waals surface area contributed by atoms with E-state index in [1.807, 2.05) is 6.92 Å². The van der Waals surface area contributed by atoms with E-state index in [-0.39, 0.29) is 16.5 Å². The van der Waals surface area contributed by atoms with Gasteiger partial charge in [-0.2, -0.15) is 0 Å². The largest absolute Gasteiger partial charge is 0.481 e. The Balaban J connectivity index is 2.47. The molecule has 0 saturated heterocycles. The third-order valence-electron chi connectivity index (χ3n) is 3.12. The van der Waals surface area contributed by atoms with Gasteiger partial charge in [0.1, 0.15) is 4.21 Å². The monoisotopic (exact) mass is 353 g/mol. The molecule has 21 heavy (non-hydrogen) atoms. The van der Waals surface area contributed by atoms with E-state index in [1.165, 1.54) is 6.07 Å². The molecule has 0 amide bonds. The second kappa shape index (κ2) is 8.73. The van der Waals surface area contributed by atoms with Crippen LogP contribution in [-0.4, -0.2) is 26.0 Å². The highest BCUT2D eigenvalue weighted by atomic mass is 35.5. The number of thiophene rings is 1. The smallest absolute Gasteiger partial charge is 0.303 e. The lowest BCUT2D eigenvalue weighted by Gasteiger charge is -2.15. The first-order valence-corrected chi connectivity index (χ1v) is 9.49. The van der Waals surface area contributed by atoms with Crippen LogP contribution in [0.5, 0.6) is 0 Å². The highest BCUT2D eigenvalue weighted by Crippen LogP contribution is 2.25. The van der Waals surface area contributed by atoms with E-state index < -0.39 is 16.0 Å². The molecule has 2 N–H and O–H groups in total. The van der Waals surface area contributed by atoms with Gasteiger partial charge < -0.3 is 5.11 Å². The fourth-order valence-corrected chi connectivity index (χ4v) is 4.65. The number of hydrogen-bond acceptors (Lipinski definition) is 4. The van der Waals surface area contributed by atoms with Crippen LogP contribution in [0.4, 0.5) is 0 Å². The maximum absolute atomic E-state index is 12.0. The number of rotatable bonds is 10. The fourth-order valence-electron chi connectivity index (χ4n) is 2.08. The molecule has 1 atom stereocenters. The Morgan fingerprint density at radius 1 is 1.38 bits per heavy atom. The van der Waals surface area contributed by atoms with Gasteiger partial charge in [-0.15, -0.1) is 11.3 Å². The number of hydrogen-bond donors (Lipinski definition) is 2. The molecule has 1 rings (SSSR count). The molecule has 1 aromatic rings. The maximum atomic E-state index is 12.0. The molecule has 5 nitrogen and oxygen atoms in total. The Morgan fingerprint density at radius 2 is 2.10 bits per heavy atom. The molecule has 0 fully saturated rings. The third kappa shape index (κ3) is 6.78. The average Bonchev–Trinajstić information content (AvgIpc) is 2.83. The number of carbonyl (C=O) groups is 1. The summed E-state index contributed by atoms with van der Waals surface area (Å²) in [6.07, 6.45) is 3.20. The highest BCUT2D eigenvalue weighted by Gasteiger charge is 2.17. The van der Waals surface area contributed by atoms with Crippen molar-refractivity contribution in [2.45, 2.75) is 43.2 Å². The first-order valence-electron chi connectivity index (χ1n) is 6.82. The summed E-state index contributed by atoms with van der Waals surface area (Å²) in [5.74, 6) is -0.592. The summed E-state index contributed by atoms with van der Waals surface area (Å²) in [5.41, 5.74) is 0. The molecular weight excluding hydrogens is 334 g/mol. The van der Waals surface area contributed by atoms with E-state index in [0.29, 0.717) is 23.7 Å². The predicted octanol–water partition coefficient (Wildman–Crippen LogP) is 3.35. The predicted molar refractivity (Wildman–Crippen MR) is 84.4 cm³/mol. The Hall–Kier alpha value is -0.630. The molecule has 0 aliphatic heterocycles. The lowest BCUT2D eigenvalue weighted by molar-refractivity contribution is -0.137. The Kier molecular flexibility index (Phi) is 7.65. The van der Waals surface area contributed by atoms with Gasteiger partial charge in [0.25, 0.3) is 0 Å². The van der Waals surface area contributed by atoms with Crippen molar-refractivity contribution in [2.75, 3.05) is 6.54 Å². The van der Waals surface area contributed by atoms with Crippen molar-refractivity contribution in [2.24, 2.45) is 5.92 Å². The number of aliphatic carboxylic acids is 1. The van der Waals surface area contributed by atoms with Crippen LogP contribution in [-0.2, 0) is 14.8 Å². The number of carboxylic acids is 1. The molecule has 1 aromatic heterocycles. The zero-order chi connectivity index (χ0) is 15.9. The van der Waals surface area contributed by atoms with E-state index in [9.17, 15) is 13.2 Å². The minimum atomic E-state index is -3.51. The first-order chi connectivity index (χ1) is 9.85. The zero-order valence-electron chi connectivity index (χ0n) is 11.8. The third-order valence-corrected chi connectivity index (χ3v) is 6.31. The summed E-state index contributed by atoms with van der Waals surface area (Å²) in [6.45, 7) is 2.34. The average molecular weight is 354 g/mol. The summed E-state index contributed by atoms with van der Waals surface area (Å²) in [6, 6.07) is 3.02. The summed E-state index contributed by atoms with van der Waals surface area (Å²) in [5, 5.41) is 8.71. The standard InChI is InChI=1S/C13H20ClNO4S2/c1-2-3-10(4-6-12(16)17)8-9-15-21(18,19)13-7-5-11(14)20-13/h5,7,10,15H,2-4,6,8-9H2,1H3,(H,16,17). The van der Waals surface area contributed by atoms with Crippen LogP contribution in [0.2, 0.25) is 4.34 Å². The lowest BCUT2D eigenvalue weighted by Crippen LogP contribution is -2.25. The van der Waals surface area contributed by atoms with Gasteiger partial charge in [-0.05, 0) is 30.9 Å². The lowest BCUT2D eigenvalue weighted by atomic mass is 9.95. The molecule has 1 unspecified atom stereocenters. The van der Waals surface area contributed by atoms with Crippen molar-refractivity contribution in [1.29, 1.82) is 0 Å². The van der Waals surface area contributed by atoms with Crippen molar-refractivity contribution in [3.63, 3.8) is 0 Å². The fraction of sp³-hybridized carbons (Fsp3) is 0.615. The molecule has 0 spiro atoms. The quantitative estimate of drug-likeness (QED) is 0.675. The van der Waals surface area contributed by atoms with Gasteiger partial charge >= 0.3 is 5.97 Å². The number of nitrogens with one attached hydrogen (secondary N) is 1. The molecule has 0 aliphatic rings. The zero-order valence-corrected chi connectivity index (χ0v) is 14.2. The molecule has 1 heterocycles. The van der Waals surface area contributed by atoms with E-state index >= 15 is 0 Å². The van der Waals surface area contributed by atoms with E-state index in [2.05, 4.69) is 4.72 Å². The first kappa shape index (κ1) is 18.4. The minimum Gasteiger partial charge on any atom is -0.481 e. The molecule has 8 heteroatoms. The molecule has 0 saturated carbocycles. The van der Waals surface area contributed by atoms with Crippen molar-refractivity contribution in [3.8, 4) is 0 Å². The van der Waals surface area contributed by atoms with Crippen LogP contribution < -0.4 is 4.72 Å². The SMILES string of the molecule is CCCC(CCNS(=O)(=O)c1ccc(Cl)s1)CCC(=O)O. The van der Waals surface area contributed by atoms with Gasteiger partial charge in [-0.25, -0.2) is 13.1 Å². The van der Waals surface area contributed by atoms with Crippen LogP contribution in [0.1, 0.15) is 39.0 Å². The van der Waals surface area contributed by atoms with Crippen molar-refractivity contribution in [1.82, 2.24) is 4.72 Å². The highest BCUT2D eigenvalue weighted by molar-refractivity contribution is 7.91. The van der Waals surface area contributed by atoms with Crippen LogP contribution in [0, 0.1) is 5.92 Å². The van der Waals surface area contributed by atoms with Gasteiger partial charge in [-0.3, -0.25) is 4.79 Å². The summed E-state index contributed by atoms with van der Waals surface area (Å²) < 4.78 is 27.2. The minimum absolute atomic E-state index is 0.123. The van der Waals surface area contributed by atoms with Crippen LogP contribution in [0.3, 0.4) is 0 Å². The van der Waals surface area contributed by atoms with Crippen LogP contribution in [0.25, 0.3) is 0 Å². The summed E-state index contributed by atoms with van der Waals surface area (Å²) >= 11 is 6.75. The second-order valence-corrected chi connectivity index (χ2v) is 8.54. The Morgan fingerprint density at radius 3 is 2.62 bits per heavy atom. The van der Waals surface area contributed by atoms with Crippen molar-refractivity contribution >= 4 is 38.9 Å². The number of carboxylic acid groups (broad SMARTS) is 1. The molecule has 0 radical (unpaired) electrons. The van der Waals surface area contributed by atoms with E-state index in [0.717, 1.165) is 24.2 Å². The van der Waals surface area contributed by atoms with Gasteiger partial charge in [-0.1, -0.05) is 31.4 Å². The van der Waals surface area contributed by atoms with Gasteiger partial charge in [0, 0.05) is 13.0 Å².